The maximum Gasteiger partial charge on any atom is 0.275 e. The summed E-state index contributed by atoms with van der Waals surface area (Å²) in [6, 6.07) is 13.9. The zero-order valence-corrected chi connectivity index (χ0v) is 14.0. The predicted molar refractivity (Wildman–Crippen MR) is 89.9 cm³/mol. The topological polar surface area (TPSA) is 33.5 Å². The van der Waals surface area contributed by atoms with Crippen LogP contribution in [0.4, 0.5) is 4.39 Å². The highest BCUT2D eigenvalue weighted by Gasteiger charge is 2.15. The van der Waals surface area contributed by atoms with E-state index in [4.69, 9.17) is 11.6 Å². The number of likely N-dealkylation sites (N-methyl/N-ethyl adjacent to an activating group) is 1. The van der Waals surface area contributed by atoms with Crippen LogP contribution in [0.3, 0.4) is 0 Å². The smallest absolute Gasteiger partial charge is 0.275 e. The summed E-state index contributed by atoms with van der Waals surface area (Å²) in [7, 11) is 1.87. The van der Waals surface area contributed by atoms with Gasteiger partial charge in [-0.2, -0.15) is 0 Å². The van der Waals surface area contributed by atoms with Crippen LogP contribution in [0.15, 0.2) is 48.5 Å². The lowest BCUT2D eigenvalue weighted by atomic mass is 10.1. The van der Waals surface area contributed by atoms with Crippen molar-refractivity contribution in [3.8, 4) is 0 Å². The first-order chi connectivity index (χ1) is 11.0. The zero-order chi connectivity index (χ0) is 16.8. The van der Waals surface area contributed by atoms with E-state index in [-0.39, 0.29) is 24.3 Å². The first kappa shape index (κ1) is 17.4. The van der Waals surface area contributed by atoms with Crippen LogP contribution in [0, 0.1) is 5.82 Å². The average Bonchev–Trinajstić information content (AvgIpc) is 2.50. The third kappa shape index (κ3) is 5.34. The Kier molecular flexibility index (Phi) is 6.13. The van der Waals surface area contributed by atoms with Gasteiger partial charge in [-0.15, -0.1) is 0 Å². The molecule has 1 amide bonds. The monoisotopic (exact) mass is 335 g/mol. The molecular weight excluding hydrogens is 315 g/mol. The van der Waals surface area contributed by atoms with Crippen LogP contribution in [0.1, 0.15) is 24.1 Å². The number of amides is 1. The number of nitrogens with one attached hydrogen (secondary N) is 2. The Morgan fingerprint density at radius 3 is 2.52 bits per heavy atom. The van der Waals surface area contributed by atoms with E-state index in [1.807, 2.05) is 26.1 Å². The molecule has 0 fully saturated rings. The second kappa shape index (κ2) is 8.09. The molecule has 0 bridgehead atoms. The lowest BCUT2D eigenvalue weighted by molar-refractivity contribution is -0.885. The number of carbonyl (C=O) groups excluding carboxylic acids is 1. The molecule has 0 saturated heterocycles. The molecule has 0 saturated carbocycles. The molecule has 0 radical (unpaired) electrons. The van der Waals surface area contributed by atoms with Crippen molar-refractivity contribution in [2.24, 2.45) is 0 Å². The maximum atomic E-state index is 13.6. The van der Waals surface area contributed by atoms with Crippen LogP contribution in [0.25, 0.3) is 0 Å². The van der Waals surface area contributed by atoms with E-state index in [1.165, 1.54) is 6.07 Å². The van der Waals surface area contributed by atoms with Gasteiger partial charge in [-0.05, 0) is 30.7 Å². The maximum absolute atomic E-state index is 13.6. The van der Waals surface area contributed by atoms with Crippen molar-refractivity contribution < 1.29 is 14.1 Å². The summed E-state index contributed by atoms with van der Waals surface area (Å²) in [6.45, 7) is 2.68. The lowest BCUT2D eigenvalue weighted by Gasteiger charge is -2.17. The molecule has 2 aromatic rings. The van der Waals surface area contributed by atoms with Gasteiger partial charge in [0.15, 0.2) is 6.54 Å². The quantitative estimate of drug-likeness (QED) is 0.835. The summed E-state index contributed by atoms with van der Waals surface area (Å²) >= 11 is 5.86. The molecule has 0 aliphatic heterocycles. The van der Waals surface area contributed by atoms with Crippen LogP contribution in [0.5, 0.6) is 0 Å². The molecule has 3 nitrogen and oxygen atoms in total. The first-order valence-electron chi connectivity index (χ1n) is 7.55. The Bertz CT molecular complexity index is 660. The Labute approximate surface area is 141 Å². The van der Waals surface area contributed by atoms with Gasteiger partial charge in [-0.25, -0.2) is 4.39 Å². The van der Waals surface area contributed by atoms with Crippen molar-refractivity contribution in [2.75, 3.05) is 13.6 Å². The van der Waals surface area contributed by atoms with Gasteiger partial charge < -0.3 is 10.2 Å². The van der Waals surface area contributed by atoms with Crippen LogP contribution >= 0.6 is 11.6 Å². The second-order valence-electron chi connectivity index (χ2n) is 5.74. The summed E-state index contributed by atoms with van der Waals surface area (Å²) in [5, 5.41) is 3.62. The summed E-state index contributed by atoms with van der Waals surface area (Å²) in [5.41, 5.74) is 1.61. The molecule has 23 heavy (non-hydrogen) atoms. The van der Waals surface area contributed by atoms with Crippen molar-refractivity contribution >= 4 is 17.5 Å². The highest BCUT2D eigenvalue weighted by molar-refractivity contribution is 6.30. The predicted octanol–water partition coefficient (Wildman–Crippen LogP) is 2.37. The van der Waals surface area contributed by atoms with Gasteiger partial charge in [0.05, 0.1) is 13.1 Å². The minimum absolute atomic E-state index is 0.0683. The number of carbonyl (C=O) groups is 1. The van der Waals surface area contributed by atoms with E-state index in [0.717, 1.165) is 10.5 Å². The highest BCUT2D eigenvalue weighted by atomic mass is 35.5. The van der Waals surface area contributed by atoms with Gasteiger partial charge in [-0.3, -0.25) is 4.79 Å². The minimum atomic E-state index is -0.234. The standard InChI is InChI=1S/C18H20ClFN2O/c1-13(14-7-9-16(19)10-8-14)21-18(23)12-22(2)11-15-5-3-4-6-17(15)20/h3-10,13H,11-12H2,1-2H3,(H,21,23)/p+1/t13-/m0/s1. The average molecular weight is 336 g/mol. The van der Waals surface area contributed by atoms with Crippen LogP contribution < -0.4 is 10.2 Å². The minimum Gasteiger partial charge on any atom is -0.345 e. The van der Waals surface area contributed by atoms with E-state index in [9.17, 15) is 9.18 Å². The van der Waals surface area contributed by atoms with E-state index >= 15 is 0 Å². The number of benzene rings is 2. The van der Waals surface area contributed by atoms with Crippen molar-refractivity contribution in [2.45, 2.75) is 19.5 Å². The van der Waals surface area contributed by atoms with Gasteiger partial charge in [0.1, 0.15) is 12.4 Å². The third-order valence-corrected chi connectivity index (χ3v) is 3.91. The molecule has 2 aromatic carbocycles. The number of rotatable bonds is 6. The Morgan fingerprint density at radius 2 is 1.87 bits per heavy atom. The zero-order valence-electron chi connectivity index (χ0n) is 13.3. The fourth-order valence-electron chi connectivity index (χ4n) is 2.43. The second-order valence-corrected chi connectivity index (χ2v) is 6.18. The van der Waals surface area contributed by atoms with Crippen molar-refractivity contribution in [1.29, 1.82) is 0 Å². The van der Waals surface area contributed by atoms with Gasteiger partial charge in [0.25, 0.3) is 5.91 Å². The molecule has 0 aromatic heterocycles. The molecule has 0 heterocycles. The molecule has 5 heteroatoms. The Hall–Kier alpha value is -1.91. The van der Waals surface area contributed by atoms with Crippen molar-refractivity contribution in [3.63, 3.8) is 0 Å². The van der Waals surface area contributed by atoms with E-state index < -0.39 is 0 Å². The largest absolute Gasteiger partial charge is 0.345 e. The van der Waals surface area contributed by atoms with Gasteiger partial charge >= 0.3 is 0 Å². The number of hydrogen-bond donors (Lipinski definition) is 2. The molecule has 2 rings (SSSR count). The highest BCUT2D eigenvalue weighted by Crippen LogP contribution is 2.15. The van der Waals surface area contributed by atoms with Crippen LogP contribution in [-0.4, -0.2) is 19.5 Å². The molecule has 0 aliphatic rings. The fourth-order valence-corrected chi connectivity index (χ4v) is 2.56. The Morgan fingerprint density at radius 1 is 1.22 bits per heavy atom. The summed E-state index contributed by atoms with van der Waals surface area (Å²) < 4.78 is 13.6. The Balaban J connectivity index is 1.86. The number of hydrogen-bond acceptors (Lipinski definition) is 1. The van der Waals surface area contributed by atoms with Crippen LogP contribution in [0.2, 0.25) is 5.02 Å². The fraction of sp³-hybridized carbons (Fsp3) is 0.278. The summed E-state index contributed by atoms with van der Waals surface area (Å²) in [4.78, 5) is 13.1. The molecule has 122 valence electrons. The SMILES string of the molecule is C[C@H](NC(=O)C[NH+](C)Cc1ccccc1F)c1ccc(Cl)cc1. The molecule has 2 atom stereocenters. The summed E-state index contributed by atoms with van der Waals surface area (Å²) in [5.74, 6) is -0.303. The van der Waals surface area contributed by atoms with Gasteiger partial charge in [0, 0.05) is 10.6 Å². The van der Waals surface area contributed by atoms with Gasteiger partial charge in [0.2, 0.25) is 0 Å². The molecular formula is C18H21ClFN2O+. The normalized spacial score (nSPS) is 13.4. The molecule has 1 unspecified atom stereocenters. The van der Waals surface area contributed by atoms with Crippen LogP contribution in [-0.2, 0) is 11.3 Å². The number of halogens is 2. The summed E-state index contributed by atoms with van der Waals surface area (Å²) in [6.07, 6.45) is 0. The molecule has 0 aliphatic carbocycles. The van der Waals surface area contributed by atoms with Gasteiger partial charge in [-0.1, -0.05) is 41.9 Å². The van der Waals surface area contributed by atoms with E-state index in [0.29, 0.717) is 17.1 Å². The van der Waals surface area contributed by atoms with Crippen molar-refractivity contribution in [3.05, 3.63) is 70.5 Å². The third-order valence-electron chi connectivity index (χ3n) is 3.66. The van der Waals surface area contributed by atoms with E-state index in [1.54, 1.807) is 30.3 Å². The van der Waals surface area contributed by atoms with E-state index in [2.05, 4.69) is 5.32 Å². The molecule has 2 N–H and O–H groups in total. The van der Waals surface area contributed by atoms with Crippen molar-refractivity contribution in [1.82, 2.24) is 5.32 Å². The lowest BCUT2D eigenvalue weighted by Crippen LogP contribution is -3.09. The first-order valence-corrected chi connectivity index (χ1v) is 7.93. The molecule has 0 spiro atoms. The number of quaternary nitrogens is 1.